The fourth-order valence-electron chi connectivity index (χ4n) is 1.53. The van der Waals surface area contributed by atoms with Crippen LogP contribution < -0.4 is 0 Å². The summed E-state index contributed by atoms with van der Waals surface area (Å²) in [6.07, 6.45) is 1.75. The molecular formula is C11H12BrClN4. The van der Waals surface area contributed by atoms with E-state index < -0.39 is 0 Å². The van der Waals surface area contributed by atoms with Gasteiger partial charge in [-0.1, -0.05) is 0 Å². The molecule has 0 N–H and O–H groups in total. The van der Waals surface area contributed by atoms with Gasteiger partial charge < -0.3 is 0 Å². The van der Waals surface area contributed by atoms with Crippen LogP contribution in [0.2, 0.25) is 0 Å². The molecule has 0 unspecified atom stereocenters. The number of aromatic nitrogens is 4. The first-order valence-corrected chi connectivity index (χ1v) is 6.48. The maximum absolute atomic E-state index is 5.78. The minimum atomic E-state index is 0.424. The third-order valence-electron chi connectivity index (χ3n) is 2.60. The van der Waals surface area contributed by atoms with Crippen molar-refractivity contribution in [2.45, 2.75) is 26.7 Å². The third kappa shape index (κ3) is 2.21. The summed E-state index contributed by atoms with van der Waals surface area (Å²) in [4.78, 5) is 8.69. The lowest BCUT2D eigenvalue weighted by molar-refractivity contribution is 0.764. The van der Waals surface area contributed by atoms with E-state index in [0.29, 0.717) is 11.8 Å². The predicted octanol–water partition coefficient (Wildman–Crippen LogP) is 3.09. The summed E-state index contributed by atoms with van der Waals surface area (Å²) in [5, 5.41) is 4.39. The molecule has 0 saturated carbocycles. The Morgan fingerprint density at radius 2 is 2.00 bits per heavy atom. The van der Waals surface area contributed by atoms with Crippen molar-refractivity contribution >= 4 is 27.5 Å². The lowest BCUT2D eigenvalue weighted by atomic mass is 10.3. The van der Waals surface area contributed by atoms with Crippen molar-refractivity contribution in [2.24, 2.45) is 0 Å². The van der Waals surface area contributed by atoms with Crippen molar-refractivity contribution in [3.63, 3.8) is 0 Å². The number of hydrogen-bond donors (Lipinski definition) is 0. The fraction of sp³-hybridized carbons (Fsp3) is 0.364. The van der Waals surface area contributed by atoms with Crippen molar-refractivity contribution in [1.29, 1.82) is 0 Å². The topological polar surface area (TPSA) is 43.6 Å². The first-order valence-electron chi connectivity index (χ1n) is 5.15. The maximum Gasteiger partial charge on any atom is 0.251 e. The van der Waals surface area contributed by atoms with Crippen molar-refractivity contribution in [3.05, 3.63) is 33.3 Å². The first-order chi connectivity index (χ1) is 8.04. The molecular weight excluding hydrogens is 304 g/mol. The number of nitrogens with zero attached hydrogens (tertiary/aromatic N) is 4. The van der Waals surface area contributed by atoms with Crippen LogP contribution >= 0.6 is 27.5 Å². The van der Waals surface area contributed by atoms with Crippen LogP contribution in [-0.4, -0.2) is 19.7 Å². The molecule has 0 saturated heterocycles. The SMILES string of the molecule is Cc1nc(-n2nc(C)c(Br)c2C)ncc1CCl. The van der Waals surface area contributed by atoms with Crippen molar-refractivity contribution < 1.29 is 0 Å². The molecule has 2 aromatic heterocycles. The van der Waals surface area contributed by atoms with Crippen LogP contribution in [0.1, 0.15) is 22.6 Å². The second-order valence-electron chi connectivity index (χ2n) is 3.81. The molecule has 0 aliphatic carbocycles. The van der Waals surface area contributed by atoms with Gasteiger partial charge >= 0.3 is 0 Å². The average Bonchev–Trinajstić information content (AvgIpc) is 2.57. The maximum atomic E-state index is 5.78. The van der Waals surface area contributed by atoms with E-state index in [1.54, 1.807) is 10.9 Å². The molecule has 0 spiro atoms. The average molecular weight is 316 g/mol. The van der Waals surface area contributed by atoms with E-state index in [1.165, 1.54) is 0 Å². The van der Waals surface area contributed by atoms with Gasteiger partial charge in [0.05, 0.1) is 21.7 Å². The Kier molecular flexibility index (Phi) is 3.49. The third-order valence-corrected chi connectivity index (χ3v) is 4.04. The molecule has 6 heteroatoms. The molecule has 0 aromatic carbocycles. The summed E-state index contributed by atoms with van der Waals surface area (Å²) in [5.41, 5.74) is 3.73. The summed E-state index contributed by atoms with van der Waals surface area (Å²) in [7, 11) is 0. The monoisotopic (exact) mass is 314 g/mol. The van der Waals surface area contributed by atoms with E-state index in [4.69, 9.17) is 11.6 Å². The Balaban J connectivity index is 2.53. The highest BCUT2D eigenvalue weighted by molar-refractivity contribution is 9.10. The van der Waals surface area contributed by atoms with E-state index in [0.717, 1.165) is 27.1 Å². The molecule has 17 heavy (non-hydrogen) atoms. The van der Waals surface area contributed by atoms with Crippen LogP contribution in [0.3, 0.4) is 0 Å². The Hall–Kier alpha value is -0.940. The fourth-order valence-corrected chi connectivity index (χ4v) is 2.04. The molecule has 0 fully saturated rings. The summed E-state index contributed by atoms with van der Waals surface area (Å²) in [5.74, 6) is 0.995. The highest BCUT2D eigenvalue weighted by atomic mass is 79.9. The van der Waals surface area contributed by atoms with Crippen LogP contribution in [0.15, 0.2) is 10.7 Å². The zero-order valence-corrected chi connectivity index (χ0v) is 12.2. The van der Waals surface area contributed by atoms with Crippen molar-refractivity contribution in [3.8, 4) is 5.95 Å². The highest BCUT2D eigenvalue weighted by Gasteiger charge is 2.13. The summed E-state index contributed by atoms with van der Waals surface area (Å²) >= 11 is 9.27. The molecule has 90 valence electrons. The zero-order chi connectivity index (χ0) is 12.6. The number of halogens is 2. The van der Waals surface area contributed by atoms with Gasteiger partial charge in [-0.3, -0.25) is 0 Å². The largest absolute Gasteiger partial charge is 0.251 e. The second-order valence-corrected chi connectivity index (χ2v) is 4.87. The van der Waals surface area contributed by atoms with Gasteiger partial charge in [0, 0.05) is 17.5 Å². The number of alkyl halides is 1. The predicted molar refractivity (Wildman–Crippen MR) is 70.6 cm³/mol. The van der Waals surface area contributed by atoms with E-state index in [1.807, 2.05) is 20.8 Å². The van der Waals surface area contributed by atoms with Gasteiger partial charge in [-0.15, -0.1) is 11.6 Å². The van der Waals surface area contributed by atoms with Crippen LogP contribution in [-0.2, 0) is 5.88 Å². The second kappa shape index (κ2) is 4.74. The van der Waals surface area contributed by atoms with Gasteiger partial charge in [-0.25, -0.2) is 14.6 Å². The molecule has 0 aliphatic heterocycles. The Labute approximate surface area is 113 Å². The van der Waals surface area contributed by atoms with E-state index >= 15 is 0 Å². The molecule has 0 aliphatic rings. The highest BCUT2D eigenvalue weighted by Crippen LogP contribution is 2.21. The molecule has 2 heterocycles. The molecule has 2 rings (SSSR count). The van der Waals surface area contributed by atoms with Crippen LogP contribution in [0.5, 0.6) is 0 Å². The van der Waals surface area contributed by atoms with Gasteiger partial charge in [0.25, 0.3) is 5.95 Å². The van der Waals surface area contributed by atoms with E-state index in [2.05, 4.69) is 31.0 Å². The van der Waals surface area contributed by atoms with Crippen LogP contribution in [0, 0.1) is 20.8 Å². The standard InChI is InChI=1S/C11H12BrClN4/c1-6-9(4-13)5-14-11(15-6)17-8(3)10(12)7(2)16-17/h5H,4H2,1-3H3. The molecule has 0 radical (unpaired) electrons. The van der Waals surface area contributed by atoms with E-state index in [-0.39, 0.29) is 0 Å². The first kappa shape index (κ1) is 12.5. The summed E-state index contributed by atoms with van der Waals surface area (Å²) in [6.45, 7) is 5.83. The Bertz CT molecular complexity index is 565. The normalized spacial score (nSPS) is 10.9. The van der Waals surface area contributed by atoms with Crippen LogP contribution in [0.25, 0.3) is 5.95 Å². The molecule has 0 bridgehead atoms. The van der Waals surface area contributed by atoms with Crippen molar-refractivity contribution in [1.82, 2.24) is 19.7 Å². The number of rotatable bonds is 2. The molecule has 2 aromatic rings. The van der Waals surface area contributed by atoms with Gasteiger partial charge in [0.15, 0.2) is 0 Å². The summed E-state index contributed by atoms with van der Waals surface area (Å²) in [6, 6.07) is 0. The quantitative estimate of drug-likeness (QED) is 0.800. The van der Waals surface area contributed by atoms with E-state index in [9.17, 15) is 0 Å². The van der Waals surface area contributed by atoms with Gasteiger partial charge in [0.1, 0.15) is 0 Å². The van der Waals surface area contributed by atoms with Gasteiger partial charge in [-0.2, -0.15) is 5.10 Å². The number of hydrogen-bond acceptors (Lipinski definition) is 3. The smallest absolute Gasteiger partial charge is 0.219 e. The van der Waals surface area contributed by atoms with Gasteiger partial charge in [0.2, 0.25) is 0 Å². The Morgan fingerprint density at radius 3 is 2.47 bits per heavy atom. The Morgan fingerprint density at radius 1 is 1.29 bits per heavy atom. The lowest BCUT2D eigenvalue weighted by Gasteiger charge is -2.05. The van der Waals surface area contributed by atoms with Gasteiger partial charge in [-0.05, 0) is 36.7 Å². The minimum Gasteiger partial charge on any atom is -0.219 e. The zero-order valence-electron chi connectivity index (χ0n) is 9.83. The summed E-state index contributed by atoms with van der Waals surface area (Å²) < 4.78 is 2.71. The van der Waals surface area contributed by atoms with Crippen LogP contribution in [0.4, 0.5) is 0 Å². The molecule has 0 atom stereocenters. The molecule has 4 nitrogen and oxygen atoms in total. The molecule has 0 amide bonds. The minimum absolute atomic E-state index is 0.424. The lowest BCUT2D eigenvalue weighted by Crippen LogP contribution is -2.07. The number of aryl methyl sites for hydroxylation is 2. The van der Waals surface area contributed by atoms with Crippen molar-refractivity contribution in [2.75, 3.05) is 0 Å².